The molecule has 17 heavy (non-hydrogen) atoms. The Morgan fingerprint density at radius 3 is 2.29 bits per heavy atom. The second kappa shape index (κ2) is 5.71. The van der Waals surface area contributed by atoms with Crippen LogP contribution in [0.3, 0.4) is 0 Å². The minimum absolute atomic E-state index is 0.260. The zero-order valence-electron chi connectivity index (χ0n) is 11.1. The molecule has 1 rings (SSSR count). The quantitative estimate of drug-likeness (QED) is 0.803. The van der Waals surface area contributed by atoms with Crippen LogP contribution in [0.2, 0.25) is 0 Å². The van der Waals surface area contributed by atoms with Gasteiger partial charge >= 0.3 is 6.09 Å². The summed E-state index contributed by atoms with van der Waals surface area (Å²) in [5, 5.41) is 0. The monoisotopic (exact) mass is 235 g/mol. The van der Waals surface area contributed by atoms with E-state index in [0.717, 1.165) is 5.56 Å². The van der Waals surface area contributed by atoms with Gasteiger partial charge in [-0.3, -0.25) is 0 Å². The molecule has 1 aromatic rings. The van der Waals surface area contributed by atoms with Gasteiger partial charge in [-0.25, -0.2) is 4.79 Å². The topological polar surface area (TPSA) is 29.5 Å². The van der Waals surface area contributed by atoms with E-state index < -0.39 is 5.60 Å². The summed E-state index contributed by atoms with van der Waals surface area (Å²) in [6.45, 7) is 8.81. The molecule has 0 aliphatic carbocycles. The Bertz CT molecular complexity index is 354. The van der Waals surface area contributed by atoms with Crippen LogP contribution in [0.25, 0.3) is 0 Å². The van der Waals surface area contributed by atoms with Gasteiger partial charge in [-0.1, -0.05) is 30.3 Å². The molecule has 0 saturated heterocycles. The predicted octanol–water partition coefficient (Wildman–Crippen LogP) is 3.44. The van der Waals surface area contributed by atoms with Crippen molar-refractivity contribution < 1.29 is 9.53 Å². The van der Waals surface area contributed by atoms with Gasteiger partial charge in [0.2, 0.25) is 0 Å². The van der Waals surface area contributed by atoms with E-state index in [1.807, 2.05) is 58.0 Å². The SMILES string of the molecule is CCN(Cc1ccccc1)C(=O)OC(C)(C)C. The van der Waals surface area contributed by atoms with Crippen molar-refractivity contribution in [1.82, 2.24) is 4.90 Å². The molecule has 0 unspecified atom stereocenters. The molecule has 0 aliphatic heterocycles. The first-order chi connectivity index (χ1) is 7.92. The van der Waals surface area contributed by atoms with E-state index in [1.54, 1.807) is 4.90 Å². The summed E-state index contributed by atoms with van der Waals surface area (Å²) >= 11 is 0. The van der Waals surface area contributed by atoms with Crippen molar-refractivity contribution in [2.45, 2.75) is 39.8 Å². The maximum absolute atomic E-state index is 11.9. The van der Waals surface area contributed by atoms with Gasteiger partial charge in [-0.2, -0.15) is 0 Å². The van der Waals surface area contributed by atoms with E-state index in [1.165, 1.54) is 0 Å². The smallest absolute Gasteiger partial charge is 0.410 e. The van der Waals surface area contributed by atoms with Crippen LogP contribution in [-0.4, -0.2) is 23.1 Å². The molecule has 0 saturated carbocycles. The molecule has 0 radical (unpaired) electrons. The van der Waals surface area contributed by atoms with Gasteiger partial charge in [-0.05, 0) is 33.3 Å². The summed E-state index contributed by atoms with van der Waals surface area (Å²) < 4.78 is 5.35. The lowest BCUT2D eigenvalue weighted by Crippen LogP contribution is -2.36. The van der Waals surface area contributed by atoms with E-state index in [2.05, 4.69) is 0 Å². The third-order valence-electron chi connectivity index (χ3n) is 2.25. The molecule has 0 heterocycles. The molecule has 0 atom stereocenters. The maximum Gasteiger partial charge on any atom is 0.410 e. The second-order valence-electron chi connectivity index (χ2n) is 4.98. The molecule has 3 nitrogen and oxygen atoms in total. The van der Waals surface area contributed by atoms with Gasteiger partial charge in [0.25, 0.3) is 0 Å². The maximum atomic E-state index is 11.9. The lowest BCUT2D eigenvalue weighted by atomic mass is 10.2. The van der Waals surface area contributed by atoms with Gasteiger partial charge < -0.3 is 9.64 Å². The number of benzene rings is 1. The summed E-state index contributed by atoms with van der Waals surface area (Å²) in [6, 6.07) is 9.92. The fourth-order valence-corrected chi connectivity index (χ4v) is 1.44. The number of rotatable bonds is 3. The van der Waals surface area contributed by atoms with Crippen LogP contribution < -0.4 is 0 Å². The first kappa shape index (κ1) is 13.6. The van der Waals surface area contributed by atoms with Crippen LogP contribution in [0.1, 0.15) is 33.3 Å². The number of carbonyl (C=O) groups excluding carboxylic acids is 1. The number of carbonyl (C=O) groups is 1. The predicted molar refractivity (Wildman–Crippen MR) is 68.8 cm³/mol. The highest BCUT2D eigenvalue weighted by molar-refractivity contribution is 5.68. The van der Waals surface area contributed by atoms with E-state index in [9.17, 15) is 4.79 Å². The van der Waals surface area contributed by atoms with Gasteiger partial charge in [0.05, 0.1) is 0 Å². The molecule has 0 bridgehead atoms. The Morgan fingerprint density at radius 1 is 1.24 bits per heavy atom. The molecule has 94 valence electrons. The van der Waals surface area contributed by atoms with Crippen molar-refractivity contribution in [3.63, 3.8) is 0 Å². The molecule has 1 aromatic carbocycles. The molecule has 3 heteroatoms. The van der Waals surface area contributed by atoms with E-state index in [4.69, 9.17) is 4.74 Å². The van der Waals surface area contributed by atoms with Crippen molar-refractivity contribution in [2.24, 2.45) is 0 Å². The number of ether oxygens (including phenoxy) is 1. The Kier molecular flexibility index (Phi) is 4.55. The van der Waals surface area contributed by atoms with Crippen LogP contribution in [0.5, 0.6) is 0 Å². The summed E-state index contributed by atoms with van der Waals surface area (Å²) in [5.41, 5.74) is 0.668. The standard InChI is InChI=1S/C14H21NO2/c1-5-15(13(16)17-14(2,3)4)11-12-9-7-6-8-10-12/h6-10H,5,11H2,1-4H3. The minimum atomic E-state index is -0.443. The normalized spacial score (nSPS) is 11.1. The highest BCUT2D eigenvalue weighted by Gasteiger charge is 2.20. The molecule has 0 fully saturated rings. The van der Waals surface area contributed by atoms with Gasteiger partial charge in [0.1, 0.15) is 5.60 Å². The molecule has 0 aromatic heterocycles. The number of hydrogen-bond donors (Lipinski definition) is 0. The molecule has 0 aliphatic rings. The average molecular weight is 235 g/mol. The van der Waals surface area contributed by atoms with E-state index >= 15 is 0 Å². The number of amides is 1. The van der Waals surface area contributed by atoms with Crippen LogP contribution in [0, 0.1) is 0 Å². The first-order valence-electron chi connectivity index (χ1n) is 5.94. The lowest BCUT2D eigenvalue weighted by molar-refractivity contribution is 0.0244. The first-order valence-corrected chi connectivity index (χ1v) is 5.94. The summed E-state index contributed by atoms with van der Waals surface area (Å²) in [7, 11) is 0. The summed E-state index contributed by atoms with van der Waals surface area (Å²) in [5.74, 6) is 0. The van der Waals surface area contributed by atoms with E-state index in [-0.39, 0.29) is 6.09 Å². The Labute approximate surface area is 103 Å². The Morgan fingerprint density at radius 2 is 1.82 bits per heavy atom. The van der Waals surface area contributed by atoms with E-state index in [0.29, 0.717) is 13.1 Å². The molecule has 1 amide bonds. The zero-order valence-corrected chi connectivity index (χ0v) is 11.1. The van der Waals surface area contributed by atoms with Crippen LogP contribution in [0.15, 0.2) is 30.3 Å². The van der Waals surface area contributed by atoms with Crippen molar-refractivity contribution in [3.05, 3.63) is 35.9 Å². The lowest BCUT2D eigenvalue weighted by Gasteiger charge is -2.26. The van der Waals surface area contributed by atoms with Crippen molar-refractivity contribution in [2.75, 3.05) is 6.54 Å². The van der Waals surface area contributed by atoms with Gasteiger partial charge in [0, 0.05) is 13.1 Å². The molecular formula is C14H21NO2. The third-order valence-corrected chi connectivity index (χ3v) is 2.25. The Hall–Kier alpha value is -1.51. The summed E-state index contributed by atoms with van der Waals surface area (Å²) in [4.78, 5) is 13.6. The van der Waals surface area contributed by atoms with Crippen molar-refractivity contribution >= 4 is 6.09 Å². The van der Waals surface area contributed by atoms with Crippen LogP contribution >= 0.6 is 0 Å². The molecular weight excluding hydrogens is 214 g/mol. The Balaban J connectivity index is 2.63. The molecule has 0 N–H and O–H groups in total. The van der Waals surface area contributed by atoms with Crippen molar-refractivity contribution in [3.8, 4) is 0 Å². The highest BCUT2D eigenvalue weighted by atomic mass is 16.6. The van der Waals surface area contributed by atoms with Gasteiger partial charge in [-0.15, -0.1) is 0 Å². The number of hydrogen-bond acceptors (Lipinski definition) is 2. The second-order valence-corrected chi connectivity index (χ2v) is 4.98. The largest absolute Gasteiger partial charge is 0.444 e. The molecule has 0 spiro atoms. The highest BCUT2D eigenvalue weighted by Crippen LogP contribution is 2.12. The third kappa shape index (κ3) is 4.89. The fraction of sp³-hybridized carbons (Fsp3) is 0.500. The fourth-order valence-electron chi connectivity index (χ4n) is 1.44. The summed E-state index contributed by atoms with van der Waals surface area (Å²) in [6.07, 6.45) is -0.260. The average Bonchev–Trinajstić information content (AvgIpc) is 2.24. The number of nitrogens with zero attached hydrogens (tertiary/aromatic N) is 1. The van der Waals surface area contributed by atoms with Crippen LogP contribution in [0.4, 0.5) is 4.79 Å². The zero-order chi connectivity index (χ0) is 12.9. The van der Waals surface area contributed by atoms with Crippen LogP contribution in [-0.2, 0) is 11.3 Å². The van der Waals surface area contributed by atoms with Crippen molar-refractivity contribution in [1.29, 1.82) is 0 Å². The minimum Gasteiger partial charge on any atom is -0.444 e. The van der Waals surface area contributed by atoms with Gasteiger partial charge in [0.15, 0.2) is 0 Å².